The second-order valence-electron chi connectivity index (χ2n) is 6.00. The maximum atomic E-state index is 13.9. The van der Waals surface area contributed by atoms with Crippen LogP contribution in [0.3, 0.4) is 0 Å². The third-order valence-electron chi connectivity index (χ3n) is 4.77. The first kappa shape index (κ1) is 14.1. The van der Waals surface area contributed by atoms with E-state index in [1.807, 2.05) is 20.8 Å². The van der Waals surface area contributed by atoms with Crippen LogP contribution in [0.4, 0.5) is 4.39 Å². The summed E-state index contributed by atoms with van der Waals surface area (Å²) < 4.78 is 14.5. The zero-order valence-corrected chi connectivity index (χ0v) is 14.0. The van der Waals surface area contributed by atoms with E-state index in [-0.39, 0.29) is 5.82 Å². The van der Waals surface area contributed by atoms with E-state index in [2.05, 4.69) is 20.9 Å². The number of aromatic amines is 1. The molecule has 1 saturated carbocycles. The standard InChI is InChI=1S/C15H15BrFN.C2H6/c1-8-6-10(17)13(16)12-9-7-15(4-5-15)3-2-11(9)18-14(8)12;1-2/h6,18H,2-5,7H2,1H3;1-2H3. The van der Waals surface area contributed by atoms with E-state index in [9.17, 15) is 4.39 Å². The predicted octanol–water partition coefficient (Wildman–Crippen LogP) is 5.67. The van der Waals surface area contributed by atoms with Crippen LogP contribution in [0.2, 0.25) is 0 Å². The molecular formula is C17H21BrFN. The van der Waals surface area contributed by atoms with Crippen LogP contribution < -0.4 is 0 Å². The van der Waals surface area contributed by atoms with E-state index in [1.54, 1.807) is 6.07 Å². The third kappa shape index (κ3) is 2.02. The molecule has 0 atom stereocenters. The van der Waals surface area contributed by atoms with Gasteiger partial charge in [0, 0.05) is 11.1 Å². The van der Waals surface area contributed by atoms with Gasteiger partial charge in [0.2, 0.25) is 0 Å². The topological polar surface area (TPSA) is 15.8 Å². The van der Waals surface area contributed by atoms with Gasteiger partial charge in [0.15, 0.2) is 0 Å². The lowest BCUT2D eigenvalue weighted by atomic mass is 9.84. The van der Waals surface area contributed by atoms with E-state index in [4.69, 9.17) is 0 Å². The largest absolute Gasteiger partial charge is 0.358 e. The quantitative estimate of drug-likeness (QED) is 0.637. The van der Waals surface area contributed by atoms with Crippen LogP contribution in [0.1, 0.15) is 49.9 Å². The molecule has 1 fully saturated rings. The zero-order valence-electron chi connectivity index (χ0n) is 12.4. The van der Waals surface area contributed by atoms with Gasteiger partial charge in [-0.15, -0.1) is 0 Å². The summed E-state index contributed by atoms with van der Waals surface area (Å²) in [4.78, 5) is 3.52. The molecule has 0 aliphatic heterocycles. The van der Waals surface area contributed by atoms with E-state index in [0.717, 1.165) is 29.3 Å². The lowest BCUT2D eigenvalue weighted by Gasteiger charge is -2.21. The Morgan fingerprint density at radius 1 is 1.25 bits per heavy atom. The van der Waals surface area contributed by atoms with Crippen molar-refractivity contribution in [2.24, 2.45) is 5.41 Å². The minimum Gasteiger partial charge on any atom is -0.358 e. The van der Waals surface area contributed by atoms with Crippen molar-refractivity contribution in [2.45, 2.75) is 52.9 Å². The minimum absolute atomic E-state index is 0.141. The van der Waals surface area contributed by atoms with Gasteiger partial charge in [-0.3, -0.25) is 0 Å². The molecule has 0 unspecified atom stereocenters. The van der Waals surface area contributed by atoms with Crippen molar-refractivity contribution in [1.29, 1.82) is 0 Å². The van der Waals surface area contributed by atoms with Crippen molar-refractivity contribution in [3.63, 3.8) is 0 Å². The zero-order chi connectivity index (χ0) is 14.5. The summed E-state index contributed by atoms with van der Waals surface area (Å²) in [7, 11) is 0. The molecule has 1 heterocycles. The first-order valence-corrected chi connectivity index (χ1v) is 8.37. The number of hydrogen-bond donors (Lipinski definition) is 1. The Kier molecular flexibility index (Phi) is 3.44. The molecule has 1 N–H and O–H groups in total. The Bertz CT molecular complexity index is 667. The summed E-state index contributed by atoms with van der Waals surface area (Å²) in [5.41, 5.74) is 5.37. The molecule has 1 nitrogen and oxygen atoms in total. The van der Waals surface area contributed by atoms with Crippen molar-refractivity contribution in [3.05, 3.63) is 33.2 Å². The average molecular weight is 338 g/mol. The summed E-state index contributed by atoms with van der Waals surface area (Å²) in [5, 5.41) is 1.09. The molecule has 108 valence electrons. The van der Waals surface area contributed by atoms with Crippen LogP contribution in [-0.4, -0.2) is 4.98 Å². The SMILES string of the molecule is CC.Cc1cc(F)c(Br)c2c3c([nH]c12)CCC1(CC1)C3. The molecule has 2 aromatic rings. The van der Waals surface area contributed by atoms with E-state index in [0.29, 0.717) is 9.89 Å². The predicted molar refractivity (Wildman–Crippen MR) is 85.7 cm³/mol. The van der Waals surface area contributed by atoms with Crippen molar-refractivity contribution < 1.29 is 4.39 Å². The normalized spacial score (nSPS) is 18.6. The first-order chi connectivity index (χ1) is 9.60. The Balaban J connectivity index is 0.000000581. The molecule has 0 saturated heterocycles. The van der Waals surface area contributed by atoms with Crippen molar-refractivity contribution >= 4 is 26.8 Å². The monoisotopic (exact) mass is 337 g/mol. The van der Waals surface area contributed by atoms with Crippen molar-refractivity contribution in [2.75, 3.05) is 0 Å². The van der Waals surface area contributed by atoms with Crippen molar-refractivity contribution in [3.8, 4) is 0 Å². The number of aromatic nitrogens is 1. The Morgan fingerprint density at radius 2 is 1.95 bits per heavy atom. The maximum absolute atomic E-state index is 13.9. The van der Waals surface area contributed by atoms with Crippen LogP contribution >= 0.6 is 15.9 Å². The Labute approximate surface area is 128 Å². The lowest BCUT2D eigenvalue weighted by Crippen LogP contribution is -2.14. The molecule has 2 aliphatic rings. The fourth-order valence-electron chi connectivity index (χ4n) is 3.44. The molecule has 0 radical (unpaired) electrons. The van der Waals surface area contributed by atoms with Gasteiger partial charge in [-0.2, -0.15) is 0 Å². The highest BCUT2D eigenvalue weighted by Gasteiger charge is 2.45. The van der Waals surface area contributed by atoms with Gasteiger partial charge in [-0.05, 0) is 77.6 Å². The number of fused-ring (bicyclic) bond motifs is 3. The second-order valence-corrected chi connectivity index (χ2v) is 6.79. The van der Waals surface area contributed by atoms with E-state index < -0.39 is 0 Å². The number of halogens is 2. The number of benzene rings is 1. The molecule has 1 aromatic heterocycles. The fraction of sp³-hybridized carbons (Fsp3) is 0.529. The summed E-state index contributed by atoms with van der Waals surface area (Å²) in [6.07, 6.45) is 6.25. The highest BCUT2D eigenvalue weighted by molar-refractivity contribution is 9.10. The molecule has 0 bridgehead atoms. The molecule has 20 heavy (non-hydrogen) atoms. The van der Waals surface area contributed by atoms with Crippen LogP contribution in [0, 0.1) is 18.2 Å². The summed E-state index contributed by atoms with van der Waals surface area (Å²) in [6.45, 7) is 5.98. The van der Waals surface area contributed by atoms with Crippen LogP contribution in [0.15, 0.2) is 10.5 Å². The summed E-state index contributed by atoms with van der Waals surface area (Å²) >= 11 is 3.44. The van der Waals surface area contributed by atoms with Gasteiger partial charge in [-0.25, -0.2) is 4.39 Å². The van der Waals surface area contributed by atoms with E-state index >= 15 is 0 Å². The van der Waals surface area contributed by atoms with E-state index in [1.165, 1.54) is 30.5 Å². The summed E-state index contributed by atoms with van der Waals surface area (Å²) in [5.74, 6) is -0.141. The average Bonchev–Trinajstić information content (AvgIpc) is 3.08. The maximum Gasteiger partial charge on any atom is 0.138 e. The number of H-pyrrole nitrogens is 1. The number of aryl methyl sites for hydroxylation is 2. The third-order valence-corrected chi connectivity index (χ3v) is 5.55. The number of hydrogen-bond acceptors (Lipinski definition) is 0. The molecule has 0 amide bonds. The Morgan fingerprint density at radius 3 is 2.60 bits per heavy atom. The highest BCUT2D eigenvalue weighted by atomic mass is 79.9. The fourth-order valence-corrected chi connectivity index (χ4v) is 3.99. The van der Waals surface area contributed by atoms with Crippen LogP contribution in [0.25, 0.3) is 10.9 Å². The van der Waals surface area contributed by atoms with Gasteiger partial charge in [0.1, 0.15) is 5.82 Å². The smallest absolute Gasteiger partial charge is 0.138 e. The molecule has 2 aliphatic carbocycles. The minimum atomic E-state index is -0.141. The second kappa shape index (κ2) is 4.87. The van der Waals surface area contributed by atoms with Crippen LogP contribution in [0.5, 0.6) is 0 Å². The molecule has 4 rings (SSSR count). The first-order valence-electron chi connectivity index (χ1n) is 7.58. The Hall–Kier alpha value is -0.830. The van der Waals surface area contributed by atoms with Gasteiger partial charge < -0.3 is 4.98 Å². The number of rotatable bonds is 0. The summed E-state index contributed by atoms with van der Waals surface area (Å²) in [6, 6.07) is 1.61. The highest BCUT2D eigenvalue weighted by Crippen LogP contribution is 2.56. The van der Waals surface area contributed by atoms with Gasteiger partial charge in [0.05, 0.1) is 9.99 Å². The van der Waals surface area contributed by atoms with Gasteiger partial charge in [-0.1, -0.05) is 13.8 Å². The van der Waals surface area contributed by atoms with Gasteiger partial charge in [0.25, 0.3) is 0 Å². The molecule has 1 spiro atoms. The molecule has 3 heteroatoms. The van der Waals surface area contributed by atoms with Gasteiger partial charge >= 0.3 is 0 Å². The van der Waals surface area contributed by atoms with Crippen molar-refractivity contribution in [1.82, 2.24) is 4.98 Å². The lowest BCUT2D eigenvalue weighted by molar-refractivity contribution is 0.437. The van der Waals surface area contributed by atoms with Crippen LogP contribution in [-0.2, 0) is 12.8 Å². The molecule has 1 aromatic carbocycles. The number of nitrogens with one attached hydrogen (secondary N) is 1. The molecular weight excluding hydrogens is 317 g/mol.